The Kier molecular flexibility index (Phi) is 5.01. The van der Waals surface area contributed by atoms with Crippen LogP contribution in [0.1, 0.15) is 42.3 Å². The highest BCUT2D eigenvalue weighted by Gasteiger charge is 2.16. The van der Waals surface area contributed by atoms with Crippen molar-refractivity contribution in [3.8, 4) is 0 Å². The molecule has 2 N–H and O–H groups in total. The van der Waals surface area contributed by atoms with E-state index in [1.54, 1.807) is 18.2 Å². The molecule has 0 aliphatic carbocycles. The zero-order valence-corrected chi connectivity index (χ0v) is 14.1. The summed E-state index contributed by atoms with van der Waals surface area (Å²) in [6, 6.07) is 8.98. The van der Waals surface area contributed by atoms with Crippen LogP contribution < -0.4 is 5.32 Å². The minimum absolute atomic E-state index is 0.0000825. The van der Waals surface area contributed by atoms with Crippen molar-refractivity contribution in [3.05, 3.63) is 63.5 Å². The van der Waals surface area contributed by atoms with Gasteiger partial charge in [0.05, 0.1) is 0 Å². The molecule has 0 radical (unpaired) electrons. The molecule has 5 heteroatoms. The van der Waals surface area contributed by atoms with Gasteiger partial charge in [0.15, 0.2) is 0 Å². The number of carboxylic acids is 1. The van der Waals surface area contributed by atoms with Crippen LogP contribution in [0.25, 0.3) is 6.08 Å². The molecule has 1 amide bonds. The van der Waals surface area contributed by atoms with Gasteiger partial charge in [-0.2, -0.15) is 11.3 Å². The molecular formula is C18H19NO3S. The van der Waals surface area contributed by atoms with Crippen molar-refractivity contribution in [3.63, 3.8) is 0 Å². The highest BCUT2D eigenvalue weighted by molar-refractivity contribution is 7.08. The van der Waals surface area contributed by atoms with Crippen molar-refractivity contribution in [1.29, 1.82) is 0 Å². The van der Waals surface area contributed by atoms with E-state index in [0.717, 1.165) is 11.1 Å². The van der Waals surface area contributed by atoms with Crippen LogP contribution in [0.2, 0.25) is 0 Å². The summed E-state index contributed by atoms with van der Waals surface area (Å²) >= 11 is 1.46. The lowest BCUT2D eigenvalue weighted by molar-refractivity contribution is -0.132. The van der Waals surface area contributed by atoms with Gasteiger partial charge in [0, 0.05) is 5.56 Å². The van der Waals surface area contributed by atoms with Gasteiger partial charge in [-0.15, -0.1) is 0 Å². The predicted molar refractivity (Wildman–Crippen MR) is 92.5 cm³/mol. The summed E-state index contributed by atoms with van der Waals surface area (Å²) in [6.07, 6.45) is 1.44. The van der Waals surface area contributed by atoms with Gasteiger partial charge in [-0.1, -0.05) is 32.9 Å². The minimum Gasteiger partial charge on any atom is -0.477 e. The highest BCUT2D eigenvalue weighted by atomic mass is 32.1. The molecule has 120 valence electrons. The predicted octanol–water partition coefficient (Wildman–Crippen LogP) is 3.90. The molecule has 4 nitrogen and oxygen atoms in total. The van der Waals surface area contributed by atoms with Crippen LogP contribution >= 0.6 is 11.3 Å². The van der Waals surface area contributed by atoms with Crippen molar-refractivity contribution in [1.82, 2.24) is 5.32 Å². The molecular weight excluding hydrogens is 310 g/mol. The second-order valence-electron chi connectivity index (χ2n) is 6.20. The van der Waals surface area contributed by atoms with E-state index in [-0.39, 0.29) is 11.1 Å². The molecule has 0 saturated heterocycles. The van der Waals surface area contributed by atoms with Crippen LogP contribution in [-0.4, -0.2) is 17.0 Å². The number of carboxylic acid groups (broad SMARTS) is 1. The first-order chi connectivity index (χ1) is 10.8. The molecule has 0 aliphatic rings. The highest BCUT2D eigenvalue weighted by Crippen LogP contribution is 2.22. The van der Waals surface area contributed by atoms with Gasteiger partial charge in [0.25, 0.3) is 5.91 Å². The van der Waals surface area contributed by atoms with Crippen LogP contribution in [0.4, 0.5) is 0 Å². The molecule has 0 atom stereocenters. The van der Waals surface area contributed by atoms with E-state index in [4.69, 9.17) is 0 Å². The second-order valence-corrected chi connectivity index (χ2v) is 6.98. The molecule has 0 aliphatic heterocycles. The fraction of sp³-hybridized carbons (Fsp3) is 0.222. The van der Waals surface area contributed by atoms with E-state index in [1.807, 2.05) is 22.9 Å². The van der Waals surface area contributed by atoms with E-state index < -0.39 is 11.9 Å². The molecule has 23 heavy (non-hydrogen) atoms. The Morgan fingerprint density at radius 2 is 1.78 bits per heavy atom. The molecule has 0 bridgehead atoms. The quantitative estimate of drug-likeness (QED) is 0.836. The second kappa shape index (κ2) is 6.79. The van der Waals surface area contributed by atoms with Gasteiger partial charge in [-0.05, 0) is 51.6 Å². The number of carbonyl (C=O) groups excluding carboxylic acids is 1. The molecule has 1 aromatic carbocycles. The zero-order chi connectivity index (χ0) is 17.0. The Morgan fingerprint density at radius 1 is 1.13 bits per heavy atom. The Morgan fingerprint density at radius 3 is 2.26 bits per heavy atom. The van der Waals surface area contributed by atoms with Crippen LogP contribution in [0, 0.1) is 0 Å². The molecule has 1 heterocycles. The van der Waals surface area contributed by atoms with Crippen LogP contribution in [0.15, 0.2) is 46.8 Å². The standard InChI is InChI=1S/C18H19NO3S/c1-18(2,3)14-6-4-13(5-7-14)16(20)19-15(17(21)22)10-12-8-9-23-11-12/h4-11H,1-3H3,(H,19,20)(H,21,22). The summed E-state index contributed by atoms with van der Waals surface area (Å²) in [7, 11) is 0. The maximum absolute atomic E-state index is 12.2. The number of amides is 1. The molecule has 0 saturated carbocycles. The first kappa shape index (κ1) is 17.0. The van der Waals surface area contributed by atoms with E-state index in [0.29, 0.717) is 5.56 Å². The maximum atomic E-state index is 12.2. The van der Waals surface area contributed by atoms with Crippen molar-refractivity contribution in [2.75, 3.05) is 0 Å². The lowest BCUT2D eigenvalue weighted by atomic mass is 9.87. The zero-order valence-electron chi connectivity index (χ0n) is 13.3. The van der Waals surface area contributed by atoms with Crippen molar-refractivity contribution < 1.29 is 14.7 Å². The van der Waals surface area contributed by atoms with Crippen molar-refractivity contribution >= 4 is 29.3 Å². The van der Waals surface area contributed by atoms with Gasteiger partial charge in [0.1, 0.15) is 5.70 Å². The van der Waals surface area contributed by atoms with Crippen molar-refractivity contribution in [2.24, 2.45) is 0 Å². The Bertz CT molecular complexity index is 723. The Hall–Kier alpha value is -2.40. The van der Waals surface area contributed by atoms with Gasteiger partial charge in [-0.3, -0.25) is 4.79 Å². The minimum atomic E-state index is -1.17. The van der Waals surface area contributed by atoms with E-state index in [2.05, 4.69) is 26.1 Å². The first-order valence-corrected chi connectivity index (χ1v) is 8.11. The van der Waals surface area contributed by atoms with E-state index >= 15 is 0 Å². The lowest BCUT2D eigenvalue weighted by Gasteiger charge is -2.19. The molecule has 2 rings (SSSR count). The van der Waals surface area contributed by atoms with E-state index in [9.17, 15) is 14.7 Å². The molecule has 0 unspecified atom stereocenters. The van der Waals surface area contributed by atoms with Gasteiger partial charge in [-0.25, -0.2) is 4.79 Å². The molecule has 1 aromatic heterocycles. The average Bonchev–Trinajstić information content (AvgIpc) is 2.98. The number of hydrogen-bond donors (Lipinski definition) is 2. The summed E-state index contributed by atoms with van der Waals surface area (Å²) in [5.74, 6) is -1.61. The van der Waals surface area contributed by atoms with Gasteiger partial charge < -0.3 is 10.4 Å². The Balaban J connectivity index is 2.18. The smallest absolute Gasteiger partial charge is 0.352 e. The van der Waals surface area contributed by atoms with Crippen LogP contribution in [0.5, 0.6) is 0 Å². The molecule has 2 aromatic rings. The third kappa shape index (κ3) is 4.53. The van der Waals surface area contributed by atoms with Crippen molar-refractivity contribution in [2.45, 2.75) is 26.2 Å². The van der Waals surface area contributed by atoms with Crippen LogP contribution in [0.3, 0.4) is 0 Å². The monoisotopic (exact) mass is 329 g/mol. The van der Waals surface area contributed by atoms with Crippen LogP contribution in [-0.2, 0) is 10.2 Å². The first-order valence-electron chi connectivity index (χ1n) is 7.16. The van der Waals surface area contributed by atoms with Gasteiger partial charge >= 0.3 is 5.97 Å². The number of benzene rings is 1. The third-order valence-electron chi connectivity index (χ3n) is 3.35. The number of thiophene rings is 1. The molecule has 0 fully saturated rings. The normalized spacial score (nSPS) is 12.0. The Labute approximate surface area is 139 Å². The third-order valence-corrected chi connectivity index (χ3v) is 4.05. The number of rotatable bonds is 4. The number of aliphatic carboxylic acids is 1. The number of hydrogen-bond acceptors (Lipinski definition) is 3. The largest absolute Gasteiger partial charge is 0.477 e. The maximum Gasteiger partial charge on any atom is 0.352 e. The van der Waals surface area contributed by atoms with Gasteiger partial charge in [0.2, 0.25) is 0 Å². The van der Waals surface area contributed by atoms with E-state index in [1.165, 1.54) is 17.4 Å². The number of carbonyl (C=O) groups is 2. The summed E-state index contributed by atoms with van der Waals surface area (Å²) in [5.41, 5.74) is 2.14. The fourth-order valence-corrected chi connectivity index (χ4v) is 2.61. The fourth-order valence-electron chi connectivity index (χ4n) is 1.99. The number of nitrogens with one attached hydrogen (secondary N) is 1. The topological polar surface area (TPSA) is 66.4 Å². The summed E-state index contributed by atoms with van der Waals surface area (Å²) in [6.45, 7) is 6.27. The lowest BCUT2D eigenvalue weighted by Crippen LogP contribution is -2.27. The average molecular weight is 329 g/mol. The summed E-state index contributed by atoms with van der Waals surface area (Å²) < 4.78 is 0. The summed E-state index contributed by atoms with van der Waals surface area (Å²) in [4.78, 5) is 23.5. The SMILES string of the molecule is CC(C)(C)c1ccc(C(=O)NC(=Cc2ccsc2)C(=O)O)cc1. The summed E-state index contributed by atoms with van der Waals surface area (Å²) in [5, 5.41) is 15.4. The molecule has 0 spiro atoms.